The van der Waals surface area contributed by atoms with Gasteiger partial charge in [0.15, 0.2) is 0 Å². The van der Waals surface area contributed by atoms with Crippen LogP contribution in [0, 0.1) is 0 Å². The molecular weight excluding hydrogens is 260 g/mol. The fourth-order valence-electron chi connectivity index (χ4n) is 2.06. The first-order valence-electron chi connectivity index (χ1n) is 6.87. The maximum atomic E-state index is 12.3. The van der Waals surface area contributed by atoms with Crippen LogP contribution in [0.1, 0.15) is 38.2 Å². The molecule has 1 aromatic rings. The molecule has 1 aliphatic carbocycles. The zero-order valence-corrected chi connectivity index (χ0v) is 12.2. The van der Waals surface area contributed by atoms with Crippen LogP contribution in [0.15, 0.2) is 24.3 Å². The number of nitrogen functional groups attached to an aromatic ring is 1. The lowest BCUT2D eigenvalue weighted by Crippen LogP contribution is -2.34. The highest BCUT2D eigenvalue weighted by molar-refractivity contribution is 7.89. The van der Waals surface area contributed by atoms with Crippen molar-refractivity contribution in [2.75, 3.05) is 11.5 Å². The topological polar surface area (TPSA) is 63.4 Å². The molecular formula is C14H22N2O2S. The second kappa shape index (κ2) is 5.92. The Balaban J connectivity index is 2.10. The molecule has 0 aromatic heterocycles. The Morgan fingerprint density at radius 3 is 2.42 bits per heavy atom. The average molecular weight is 282 g/mol. The minimum atomic E-state index is -3.13. The average Bonchev–Trinajstić information content (AvgIpc) is 3.20. The smallest absolute Gasteiger partial charge is 0.214 e. The fourth-order valence-corrected chi connectivity index (χ4v) is 3.96. The van der Waals surface area contributed by atoms with Gasteiger partial charge in [-0.3, -0.25) is 0 Å². The minimum absolute atomic E-state index is 0.208. The lowest BCUT2D eigenvalue weighted by molar-refractivity contribution is 0.398. The molecule has 0 atom stereocenters. The lowest BCUT2D eigenvalue weighted by atomic mass is 10.2. The van der Waals surface area contributed by atoms with E-state index in [1.54, 1.807) is 4.31 Å². The van der Waals surface area contributed by atoms with Gasteiger partial charge in [-0.2, -0.15) is 4.31 Å². The maximum Gasteiger partial charge on any atom is 0.214 e. The summed E-state index contributed by atoms with van der Waals surface area (Å²) >= 11 is 0. The molecule has 1 fully saturated rings. The molecule has 19 heavy (non-hydrogen) atoms. The van der Waals surface area contributed by atoms with Crippen LogP contribution in [0.5, 0.6) is 0 Å². The van der Waals surface area contributed by atoms with Crippen LogP contribution in [0.3, 0.4) is 0 Å². The van der Waals surface area contributed by atoms with E-state index in [-0.39, 0.29) is 11.8 Å². The van der Waals surface area contributed by atoms with E-state index < -0.39 is 10.0 Å². The summed E-state index contributed by atoms with van der Waals surface area (Å²) in [5, 5.41) is 0. The largest absolute Gasteiger partial charge is 0.399 e. The zero-order chi connectivity index (χ0) is 13.9. The molecule has 5 heteroatoms. The van der Waals surface area contributed by atoms with Crippen molar-refractivity contribution < 1.29 is 8.42 Å². The number of rotatable bonds is 7. The second-order valence-corrected chi connectivity index (χ2v) is 7.23. The predicted octanol–water partition coefficient (Wildman–Crippen LogP) is 2.36. The van der Waals surface area contributed by atoms with Gasteiger partial charge < -0.3 is 5.73 Å². The monoisotopic (exact) mass is 282 g/mol. The van der Waals surface area contributed by atoms with E-state index in [0.29, 0.717) is 12.2 Å². The Labute approximate surface area is 115 Å². The summed E-state index contributed by atoms with van der Waals surface area (Å²) in [5.74, 6) is 0.259. The molecule has 0 heterocycles. The first-order valence-corrected chi connectivity index (χ1v) is 8.48. The normalized spacial score (nSPS) is 15.9. The molecule has 4 nitrogen and oxygen atoms in total. The van der Waals surface area contributed by atoms with Crippen LogP contribution in [-0.2, 0) is 16.6 Å². The summed E-state index contributed by atoms with van der Waals surface area (Å²) in [6.07, 6.45) is 3.60. The van der Waals surface area contributed by atoms with E-state index in [0.717, 1.165) is 31.2 Å². The predicted molar refractivity (Wildman–Crippen MR) is 78.1 cm³/mol. The van der Waals surface area contributed by atoms with Crippen LogP contribution in [-0.4, -0.2) is 24.5 Å². The van der Waals surface area contributed by atoms with E-state index in [1.165, 1.54) is 0 Å². The quantitative estimate of drug-likeness (QED) is 0.781. The van der Waals surface area contributed by atoms with Gasteiger partial charge in [0.1, 0.15) is 0 Å². The van der Waals surface area contributed by atoms with E-state index >= 15 is 0 Å². The van der Waals surface area contributed by atoms with Crippen molar-refractivity contribution in [2.45, 2.75) is 45.2 Å². The van der Waals surface area contributed by atoms with Gasteiger partial charge >= 0.3 is 0 Å². The minimum Gasteiger partial charge on any atom is -0.399 e. The number of hydrogen-bond donors (Lipinski definition) is 1. The highest BCUT2D eigenvalue weighted by Gasteiger charge is 2.36. The van der Waals surface area contributed by atoms with Crippen molar-refractivity contribution in [2.24, 2.45) is 0 Å². The number of nitrogens with zero attached hydrogens (tertiary/aromatic N) is 1. The molecule has 0 aliphatic heterocycles. The molecule has 0 unspecified atom stereocenters. The third-order valence-electron chi connectivity index (χ3n) is 3.39. The van der Waals surface area contributed by atoms with Crippen molar-refractivity contribution in [3.63, 3.8) is 0 Å². The van der Waals surface area contributed by atoms with Gasteiger partial charge in [-0.1, -0.05) is 25.5 Å². The number of benzene rings is 1. The molecule has 1 aromatic carbocycles. The highest BCUT2D eigenvalue weighted by atomic mass is 32.2. The third-order valence-corrected chi connectivity index (χ3v) is 5.33. The van der Waals surface area contributed by atoms with Crippen molar-refractivity contribution in [3.05, 3.63) is 29.8 Å². The Hall–Kier alpha value is -1.07. The van der Waals surface area contributed by atoms with Crippen LogP contribution in [0.4, 0.5) is 5.69 Å². The summed E-state index contributed by atoms with van der Waals surface area (Å²) in [5.41, 5.74) is 7.35. The highest BCUT2D eigenvalue weighted by Crippen LogP contribution is 2.31. The van der Waals surface area contributed by atoms with Gasteiger partial charge in [-0.15, -0.1) is 0 Å². The van der Waals surface area contributed by atoms with Crippen molar-refractivity contribution >= 4 is 15.7 Å². The van der Waals surface area contributed by atoms with Crippen molar-refractivity contribution in [1.29, 1.82) is 0 Å². The summed E-state index contributed by atoms with van der Waals surface area (Å²) < 4.78 is 26.4. The molecule has 0 amide bonds. The number of nitrogens with two attached hydrogens (primary N) is 1. The molecule has 106 valence electrons. The van der Waals surface area contributed by atoms with E-state index in [1.807, 2.05) is 31.2 Å². The van der Waals surface area contributed by atoms with Gasteiger partial charge in [0.25, 0.3) is 0 Å². The van der Waals surface area contributed by atoms with Crippen molar-refractivity contribution in [3.8, 4) is 0 Å². The number of hydrogen-bond acceptors (Lipinski definition) is 3. The Morgan fingerprint density at radius 1 is 1.26 bits per heavy atom. The van der Waals surface area contributed by atoms with E-state index in [9.17, 15) is 8.42 Å². The summed E-state index contributed by atoms with van der Waals surface area (Å²) in [6, 6.07) is 7.65. The van der Waals surface area contributed by atoms with Crippen LogP contribution >= 0.6 is 0 Å². The Bertz CT molecular complexity index is 507. The summed E-state index contributed by atoms with van der Waals surface area (Å²) in [7, 11) is -3.13. The number of unbranched alkanes of at least 4 members (excludes halogenated alkanes) is 1. The van der Waals surface area contributed by atoms with Gasteiger partial charge in [-0.05, 0) is 37.0 Å². The molecule has 1 aliphatic rings. The molecule has 0 bridgehead atoms. The molecule has 1 saturated carbocycles. The lowest BCUT2D eigenvalue weighted by Gasteiger charge is -2.22. The first-order chi connectivity index (χ1) is 9.03. The van der Waals surface area contributed by atoms with Crippen LogP contribution < -0.4 is 5.73 Å². The van der Waals surface area contributed by atoms with Gasteiger partial charge in [0.05, 0.1) is 5.75 Å². The van der Waals surface area contributed by atoms with E-state index in [4.69, 9.17) is 5.73 Å². The van der Waals surface area contributed by atoms with Gasteiger partial charge in [0, 0.05) is 18.3 Å². The molecule has 2 N–H and O–H groups in total. The molecule has 0 radical (unpaired) electrons. The molecule has 2 rings (SSSR count). The summed E-state index contributed by atoms with van der Waals surface area (Å²) in [6.45, 7) is 2.48. The van der Waals surface area contributed by atoms with E-state index in [2.05, 4.69) is 0 Å². The third kappa shape index (κ3) is 3.94. The second-order valence-electron chi connectivity index (χ2n) is 5.19. The summed E-state index contributed by atoms with van der Waals surface area (Å²) in [4.78, 5) is 0. The first kappa shape index (κ1) is 14.3. The number of anilines is 1. The Morgan fingerprint density at radius 2 is 1.89 bits per heavy atom. The fraction of sp³-hybridized carbons (Fsp3) is 0.571. The van der Waals surface area contributed by atoms with Gasteiger partial charge in [0.2, 0.25) is 10.0 Å². The SMILES string of the molecule is CCCCS(=O)(=O)N(Cc1ccc(N)cc1)C1CC1. The molecule has 0 spiro atoms. The maximum absolute atomic E-state index is 12.3. The Kier molecular flexibility index (Phi) is 4.47. The standard InChI is InChI=1S/C14H22N2O2S/c1-2-3-10-19(17,18)16(14-8-9-14)11-12-4-6-13(15)7-5-12/h4-7,14H,2-3,8-11,15H2,1H3. The molecule has 0 saturated heterocycles. The van der Waals surface area contributed by atoms with Crippen LogP contribution in [0.25, 0.3) is 0 Å². The van der Waals surface area contributed by atoms with Gasteiger partial charge in [-0.25, -0.2) is 8.42 Å². The zero-order valence-electron chi connectivity index (χ0n) is 11.4. The van der Waals surface area contributed by atoms with Crippen LogP contribution in [0.2, 0.25) is 0 Å². The number of sulfonamides is 1. The van der Waals surface area contributed by atoms with Crippen molar-refractivity contribution in [1.82, 2.24) is 4.31 Å².